The Kier molecular flexibility index (Phi) is 9.49. The highest BCUT2D eigenvalue weighted by Gasteiger charge is 2.23. The molecule has 1 atom stereocenters. The fraction of sp³-hybridized carbons (Fsp3) is 0.464. The fourth-order valence-corrected chi connectivity index (χ4v) is 4.40. The number of nitrogens with zero attached hydrogens (tertiary/aromatic N) is 4. The van der Waals surface area contributed by atoms with Crippen LogP contribution in [0.25, 0.3) is 5.69 Å². The van der Waals surface area contributed by atoms with Gasteiger partial charge in [-0.2, -0.15) is 5.10 Å². The third-order valence-corrected chi connectivity index (χ3v) is 6.41. The summed E-state index contributed by atoms with van der Waals surface area (Å²) in [6.45, 7) is 10.2. The predicted molar refractivity (Wildman–Crippen MR) is 140 cm³/mol. The van der Waals surface area contributed by atoms with Gasteiger partial charge in [0.05, 0.1) is 42.9 Å². The Balaban J connectivity index is 1.59. The zero-order valence-electron chi connectivity index (χ0n) is 21.6. The lowest BCUT2D eigenvalue weighted by Gasteiger charge is -2.31. The van der Waals surface area contributed by atoms with Crippen molar-refractivity contribution in [2.45, 2.75) is 26.5 Å². The van der Waals surface area contributed by atoms with E-state index >= 15 is 0 Å². The molecular weight excluding hydrogens is 456 g/mol. The van der Waals surface area contributed by atoms with Crippen LogP contribution in [0.5, 0.6) is 11.6 Å². The van der Waals surface area contributed by atoms with Gasteiger partial charge in [-0.05, 0) is 38.1 Å². The maximum Gasteiger partial charge on any atom is 0.227 e. The summed E-state index contributed by atoms with van der Waals surface area (Å²) in [4.78, 5) is 4.48. The molecule has 0 radical (unpaired) electrons. The van der Waals surface area contributed by atoms with Crippen LogP contribution in [-0.4, -0.2) is 90.4 Å². The van der Waals surface area contributed by atoms with E-state index in [0.29, 0.717) is 38.7 Å². The number of aromatic nitrogens is 2. The molecule has 0 unspecified atom stereocenters. The lowest BCUT2D eigenvalue weighted by atomic mass is 10.2. The van der Waals surface area contributed by atoms with Crippen molar-refractivity contribution in [3.63, 3.8) is 0 Å². The van der Waals surface area contributed by atoms with Crippen LogP contribution in [-0.2, 0) is 16.0 Å². The second-order valence-electron chi connectivity index (χ2n) is 9.33. The SMILES string of the molecule is COCCN(Cc1c(C)nn(-c2ccccc2)c1Oc1ccc(C)cc1)C[C@@H](O)CN1CCOCC1. The number of ether oxygens (including phenoxy) is 3. The second-order valence-corrected chi connectivity index (χ2v) is 9.33. The molecule has 1 aliphatic rings. The highest BCUT2D eigenvalue weighted by atomic mass is 16.5. The Morgan fingerprint density at radius 2 is 1.78 bits per heavy atom. The van der Waals surface area contributed by atoms with Gasteiger partial charge in [-0.15, -0.1) is 0 Å². The highest BCUT2D eigenvalue weighted by Crippen LogP contribution is 2.31. The normalized spacial score (nSPS) is 15.4. The molecule has 36 heavy (non-hydrogen) atoms. The first-order valence-corrected chi connectivity index (χ1v) is 12.6. The summed E-state index contributed by atoms with van der Waals surface area (Å²) >= 11 is 0. The Labute approximate surface area is 214 Å². The van der Waals surface area contributed by atoms with Crippen molar-refractivity contribution in [1.29, 1.82) is 0 Å². The Morgan fingerprint density at radius 1 is 1.06 bits per heavy atom. The third-order valence-electron chi connectivity index (χ3n) is 6.41. The van der Waals surface area contributed by atoms with Crippen LogP contribution in [0.2, 0.25) is 0 Å². The molecule has 2 aromatic carbocycles. The van der Waals surface area contributed by atoms with Crippen molar-refractivity contribution in [2.75, 3.05) is 59.7 Å². The van der Waals surface area contributed by atoms with Crippen LogP contribution in [0, 0.1) is 13.8 Å². The number of β-amino-alcohol motifs (C(OH)–C–C–N with tert-alkyl or cyclic N) is 1. The number of rotatable bonds is 12. The Morgan fingerprint density at radius 3 is 2.47 bits per heavy atom. The molecule has 0 spiro atoms. The maximum atomic E-state index is 10.9. The van der Waals surface area contributed by atoms with E-state index in [0.717, 1.165) is 49.0 Å². The second kappa shape index (κ2) is 13.0. The maximum absolute atomic E-state index is 10.9. The standard InChI is InChI=1S/C28H38N4O4/c1-22-9-11-26(12-10-22)36-28-27(23(2)29-32(28)24-7-5-4-6-8-24)21-31(13-16-34-3)20-25(33)19-30-14-17-35-18-15-30/h4-12,25,33H,13-21H2,1-3H3/t25-/m0/s1. The van der Waals surface area contributed by atoms with Gasteiger partial charge in [0.25, 0.3) is 0 Å². The minimum absolute atomic E-state index is 0.481. The number of benzene rings is 2. The van der Waals surface area contributed by atoms with E-state index in [1.165, 1.54) is 5.56 Å². The molecular formula is C28H38N4O4. The topological polar surface area (TPSA) is 72.2 Å². The van der Waals surface area contributed by atoms with Gasteiger partial charge in [0, 0.05) is 46.4 Å². The lowest BCUT2D eigenvalue weighted by Crippen LogP contribution is -2.45. The molecule has 0 amide bonds. The van der Waals surface area contributed by atoms with Crippen molar-refractivity contribution < 1.29 is 19.3 Å². The first kappa shape index (κ1) is 26.3. The largest absolute Gasteiger partial charge is 0.439 e. The van der Waals surface area contributed by atoms with E-state index in [4.69, 9.17) is 19.3 Å². The van der Waals surface area contributed by atoms with E-state index in [9.17, 15) is 5.11 Å². The van der Waals surface area contributed by atoms with Crippen LogP contribution < -0.4 is 4.74 Å². The van der Waals surface area contributed by atoms with Gasteiger partial charge < -0.3 is 19.3 Å². The minimum Gasteiger partial charge on any atom is -0.439 e. The summed E-state index contributed by atoms with van der Waals surface area (Å²) in [5, 5.41) is 15.8. The third kappa shape index (κ3) is 7.15. The van der Waals surface area contributed by atoms with Gasteiger partial charge in [0.15, 0.2) is 0 Å². The fourth-order valence-electron chi connectivity index (χ4n) is 4.40. The quantitative estimate of drug-likeness (QED) is 0.414. The number of aliphatic hydroxyl groups excluding tert-OH is 1. The van der Waals surface area contributed by atoms with Crippen LogP contribution in [0.15, 0.2) is 54.6 Å². The molecule has 194 valence electrons. The smallest absolute Gasteiger partial charge is 0.227 e. The average Bonchev–Trinajstić information content (AvgIpc) is 3.19. The molecule has 8 heteroatoms. The molecule has 1 aliphatic heterocycles. The van der Waals surface area contributed by atoms with Gasteiger partial charge in [-0.3, -0.25) is 9.80 Å². The van der Waals surface area contributed by atoms with Crippen molar-refractivity contribution >= 4 is 0 Å². The Bertz CT molecular complexity index is 1070. The van der Waals surface area contributed by atoms with E-state index in [2.05, 4.69) is 16.7 Å². The predicted octanol–water partition coefficient (Wildman–Crippen LogP) is 3.42. The number of aryl methyl sites for hydroxylation is 2. The number of morpholine rings is 1. The van der Waals surface area contributed by atoms with Crippen molar-refractivity contribution in [3.8, 4) is 17.3 Å². The summed E-state index contributed by atoms with van der Waals surface area (Å²) in [5.74, 6) is 1.45. The number of para-hydroxylation sites is 1. The molecule has 0 bridgehead atoms. The molecule has 1 aromatic heterocycles. The van der Waals surface area contributed by atoms with E-state index in [-0.39, 0.29) is 0 Å². The Hall–Kier alpha value is -2.75. The van der Waals surface area contributed by atoms with E-state index < -0.39 is 6.10 Å². The highest BCUT2D eigenvalue weighted by molar-refractivity contribution is 5.43. The molecule has 2 heterocycles. The molecule has 1 N–H and O–H groups in total. The molecule has 3 aromatic rings. The van der Waals surface area contributed by atoms with Gasteiger partial charge in [-0.25, -0.2) is 4.68 Å². The van der Waals surface area contributed by atoms with Crippen molar-refractivity contribution in [1.82, 2.24) is 19.6 Å². The molecule has 4 rings (SSSR count). The molecule has 8 nitrogen and oxygen atoms in total. The number of aliphatic hydroxyl groups is 1. The van der Waals surface area contributed by atoms with Gasteiger partial charge >= 0.3 is 0 Å². The van der Waals surface area contributed by atoms with Crippen LogP contribution in [0.3, 0.4) is 0 Å². The zero-order valence-corrected chi connectivity index (χ0v) is 21.6. The molecule has 1 fully saturated rings. The number of methoxy groups -OCH3 is 1. The average molecular weight is 495 g/mol. The first-order chi connectivity index (χ1) is 17.5. The summed E-state index contributed by atoms with van der Waals surface area (Å²) < 4.78 is 19.1. The minimum atomic E-state index is -0.481. The van der Waals surface area contributed by atoms with Crippen LogP contribution >= 0.6 is 0 Å². The lowest BCUT2D eigenvalue weighted by molar-refractivity contribution is 0.00431. The number of hydrogen-bond donors (Lipinski definition) is 1. The monoisotopic (exact) mass is 494 g/mol. The molecule has 0 aliphatic carbocycles. The van der Waals surface area contributed by atoms with E-state index in [1.807, 2.05) is 66.2 Å². The van der Waals surface area contributed by atoms with Crippen molar-refractivity contribution in [3.05, 3.63) is 71.4 Å². The van der Waals surface area contributed by atoms with Gasteiger partial charge in [-0.1, -0.05) is 35.9 Å². The summed E-state index contributed by atoms with van der Waals surface area (Å²) in [5.41, 5.74) is 4.00. The van der Waals surface area contributed by atoms with Crippen LogP contribution in [0.1, 0.15) is 16.8 Å². The van der Waals surface area contributed by atoms with Gasteiger partial charge in [0.2, 0.25) is 5.88 Å². The summed E-state index contributed by atoms with van der Waals surface area (Å²) in [7, 11) is 1.70. The van der Waals surface area contributed by atoms with Crippen molar-refractivity contribution in [2.24, 2.45) is 0 Å². The summed E-state index contributed by atoms with van der Waals surface area (Å²) in [6.07, 6.45) is -0.481. The zero-order chi connectivity index (χ0) is 25.3. The molecule has 1 saturated heterocycles. The number of hydrogen-bond acceptors (Lipinski definition) is 7. The first-order valence-electron chi connectivity index (χ1n) is 12.6. The van der Waals surface area contributed by atoms with E-state index in [1.54, 1.807) is 7.11 Å². The molecule has 0 saturated carbocycles. The summed E-state index contributed by atoms with van der Waals surface area (Å²) in [6, 6.07) is 18.1. The van der Waals surface area contributed by atoms with Crippen LogP contribution in [0.4, 0.5) is 0 Å². The van der Waals surface area contributed by atoms with Gasteiger partial charge in [0.1, 0.15) is 5.75 Å².